The van der Waals surface area contributed by atoms with Gasteiger partial charge in [0.05, 0.1) is 12.2 Å². The second-order valence-electron chi connectivity index (χ2n) is 11.0. The number of fused-ring (bicyclic) bond motifs is 2. The van der Waals surface area contributed by atoms with E-state index in [2.05, 4.69) is 79.9 Å². The second-order valence-corrected chi connectivity index (χ2v) is 11.0. The summed E-state index contributed by atoms with van der Waals surface area (Å²) in [6.07, 6.45) is 24.3. The summed E-state index contributed by atoms with van der Waals surface area (Å²) < 4.78 is 0. The van der Waals surface area contributed by atoms with Gasteiger partial charge in [-0.05, 0) is 39.0 Å². The number of carbonyl (C=O) groups excluding carboxylic acids is 2. The first-order valence-electron chi connectivity index (χ1n) is 13.5. The lowest BCUT2D eigenvalue weighted by atomic mass is 9.68. The van der Waals surface area contributed by atoms with Crippen LogP contribution in [0.4, 0.5) is 0 Å². The molecule has 6 nitrogen and oxygen atoms in total. The third kappa shape index (κ3) is 9.04. The molecule has 3 aliphatic rings. The molecular weight excluding hydrogens is 460 g/mol. The number of quaternary nitrogens is 1. The van der Waals surface area contributed by atoms with Gasteiger partial charge in [0.1, 0.15) is 6.20 Å². The predicted molar refractivity (Wildman–Crippen MR) is 151 cm³/mol. The maximum Gasteiger partial charge on any atom is 0.243 e. The van der Waals surface area contributed by atoms with Crippen molar-refractivity contribution in [2.45, 2.75) is 53.4 Å². The van der Waals surface area contributed by atoms with Crippen LogP contribution in [0.25, 0.3) is 0 Å². The molecule has 0 radical (unpaired) electrons. The molecule has 6 heteroatoms. The van der Waals surface area contributed by atoms with Crippen molar-refractivity contribution >= 4 is 11.8 Å². The van der Waals surface area contributed by atoms with E-state index in [4.69, 9.17) is 0 Å². The predicted octanol–water partition coefficient (Wildman–Crippen LogP) is 3.57. The van der Waals surface area contributed by atoms with Gasteiger partial charge < -0.3 is 15.5 Å². The van der Waals surface area contributed by atoms with Crippen molar-refractivity contribution in [3.8, 4) is 0 Å². The van der Waals surface area contributed by atoms with E-state index in [9.17, 15) is 9.59 Å². The molecule has 2 heterocycles. The maximum atomic E-state index is 12.4. The Balaban J connectivity index is 1.79. The van der Waals surface area contributed by atoms with Crippen molar-refractivity contribution < 1.29 is 14.5 Å². The first-order chi connectivity index (χ1) is 17.6. The van der Waals surface area contributed by atoms with E-state index in [1.807, 2.05) is 19.1 Å². The van der Waals surface area contributed by atoms with Crippen LogP contribution in [0.5, 0.6) is 0 Å². The van der Waals surface area contributed by atoms with E-state index in [-0.39, 0.29) is 23.1 Å². The van der Waals surface area contributed by atoms with Gasteiger partial charge in [-0.2, -0.15) is 0 Å². The van der Waals surface area contributed by atoms with Gasteiger partial charge in [0.25, 0.3) is 0 Å². The fraction of sp³-hybridized carbons (Fsp3) is 0.484. The van der Waals surface area contributed by atoms with Crippen LogP contribution in [0.2, 0.25) is 0 Å². The molecule has 0 aromatic rings. The van der Waals surface area contributed by atoms with Crippen molar-refractivity contribution in [3.05, 3.63) is 83.3 Å². The van der Waals surface area contributed by atoms with Gasteiger partial charge >= 0.3 is 0 Å². The van der Waals surface area contributed by atoms with Gasteiger partial charge in [-0.25, -0.2) is 0 Å². The molecule has 0 saturated heterocycles. The average molecular weight is 506 g/mol. The number of nitrogens with one attached hydrogen (secondary N) is 3. The third-order valence-electron chi connectivity index (χ3n) is 7.51. The van der Waals surface area contributed by atoms with E-state index in [0.717, 1.165) is 50.0 Å². The first-order valence-corrected chi connectivity index (χ1v) is 13.5. The van der Waals surface area contributed by atoms with Crippen LogP contribution in [-0.4, -0.2) is 50.1 Å². The summed E-state index contributed by atoms with van der Waals surface area (Å²) in [5.74, 6) is 0.136. The van der Waals surface area contributed by atoms with Crippen molar-refractivity contribution in [2.24, 2.45) is 11.3 Å². The number of hydrogen-bond donors (Lipinski definition) is 3. The lowest BCUT2D eigenvalue weighted by Crippen LogP contribution is -3.07. The molecule has 3 unspecified atom stereocenters. The van der Waals surface area contributed by atoms with Crippen LogP contribution >= 0.6 is 0 Å². The Labute approximate surface area is 223 Å². The SMILES string of the molecule is CC1=CC=CC2(C)CCC(C)=CC2C=C(C)C=CC(=O)NCCC2=C[NH+](CCCNC(=O)C=C1)CN2C. The zero-order valence-corrected chi connectivity index (χ0v) is 23.3. The van der Waals surface area contributed by atoms with Crippen molar-refractivity contribution in [2.75, 3.05) is 33.4 Å². The first kappa shape index (κ1) is 28.5. The molecule has 1 aliphatic carbocycles. The molecule has 2 amide bonds. The molecule has 0 spiro atoms. The molecule has 0 fully saturated rings. The maximum absolute atomic E-state index is 12.4. The van der Waals surface area contributed by atoms with Crippen molar-refractivity contribution in [1.29, 1.82) is 0 Å². The monoisotopic (exact) mass is 505 g/mol. The Morgan fingerprint density at radius 2 is 1.65 bits per heavy atom. The lowest BCUT2D eigenvalue weighted by Gasteiger charge is -2.36. The van der Waals surface area contributed by atoms with Crippen LogP contribution < -0.4 is 15.5 Å². The summed E-state index contributed by atoms with van der Waals surface area (Å²) in [5, 5.41) is 6.02. The molecule has 3 rings (SSSR count). The highest BCUT2D eigenvalue weighted by molar-refractivity contribution is 5.88. The third-order valence-corrected chi connectivity index (χ3v) is 7.51. The molecule has 0 aromatic carbocycles. The highest BCUT2D eigenvalue weighted by Gasteiger charge is 2.31. The zero-order chi connectivity index (χ0) is 26.8. The highest BCUT2D eigenvalue weighted by atomic mass is 16.2. The summed E-state index contributed by atoms with van der Waals surface area (Å²) in [5.41, 5.74) is 4.75. The van der Waals surface area contributed by atoms with Gasteiger partial charge in [-0.15, -0.1) is 0 Å². The number of amides is 2. The molecule has 0 saturated carbocycles. The Hall–Kier alpha value is -3.12. The summed E-state index contributed by atoms with van der Waals surface area (Å²) in [4.78, 5) is 28.3. The van der Waals surface area contributed by atoms with Gasteiger partial charge in [-0.3, -0.25) is 14.5 Å². The van der Waals surface area contributed by atoms with Gasteiger partial charge in [0.2, 0.25) is 11.8 Å². The molecular formula is C31H45N4O2+. The molecule has 2 bridgehead atoms. The number of allylic oxidation sites excluding steroid dienone is 10. The Morgan fingerprint density at radius 3 is 2.41 bits per heavy atom. The zero-order valence-electron chi connectivity index (χ0n) is 23.3. The molecule has 3 atom stereocenters. The van der Waals surface area contributed by atoms with Gasteiger partial charge in [0, 0.05) is 51.0 Å². The smallest absolute Gasteiger partial charge is 0.243 e. The highest BCUT2D eigenvalue weighted by Crippen LogP contribution is 2.42. The fourth-order valence-corrected chi connectivity index (χ4v) is 5.05. The van der Waals surface area contributed by atoms with E-state index in [0.29, 0.717) is 13.1 Å². The number of carbonyl (C=O) groups is 2. The normalized spacial score (nSPS) is 28.7. The fourth-order valence-electron chi connectivity index (χ4n) is 5.05. The summed E-state index contributed by atoms with van der Waals surface area (Å²) in [6, 6.07) is 0. The summed E-state index contributed by atoms with van der Waals surface area (Å²) in [6.45, 7) is 11.7. The van der Waals surface area contributed by atoms with E-state index in [1.54, 1.807) is 12.2 Å². The topological polar surface area (TPSA) is 65.9 Å². The quantitative estimate of drug-likeness (QED) is 0.441. The Morgan fingerprint density at radius 1 is 0.946 bits per heavy atom. The Bertz CT molecular complexity index is 1060. The average Bonchev–Trinajstić information content (AvgIpc) is 3.20. The second kappa shape index (κ2) is 13.4. The van der Waals surface area contributed by atoms with Gasteiger partial charge in [0.15, 0.2) is 6.67 Å². The van der Waals surface area contributed by atoms with Crippen LogP contribution in [0, 0.1) is 11.3 Å². The van der Waals surface area contributed by atoms with Crippen molar-refractivity contribution in [3.63, 3.8) is 0 Å². The van der Waals surface area contributed by atoms with Crippen LogP contribution in [0.1, 0.15) is 53.4 Å². The minimum absolute atomic E-state index is 0.0145. The van der Waals surface area contributed by atoms with Crippen LogP contribution in [-0.2, 0) is 9.59 Å². The van der Waals surface area contributed by atoms with Crippen LogP contribution in [0.15, 0.2) is 83.3 Å². The summed E-state index contributed by atoms with van der Waals surface area (Å²) >= 11 is 0. The molecule has 200 valence electrons. The van der Waals surface area contributed by atoms with E-state index in [1.165, 1.54) is 16.2 Å². The van der Waals surface area contributed by atoms with E-state index < -0.39 is 0 Å². The van der Waals surface area contributed by atoms with Gasteiger partial charge in [-0.1, -0.05) is 66.2 Å². The molecule has 37 heavy (non-hydrogen) atoms. The minimum atomic E-state index is -0.0601. The minimum Gasteiger partial charge on any atom is -0.352 e. The number of nitrogens with zero attached hydrogens (tertiary/aromatic N) is 1. The molecule has 2 aliphatic heterocycles. The lowest BCUT2D eigenvalue weighted by molar-refractivity contribution is -0.848. The molecule has 3 N–H and O–H groups in total. The number of hydrogen-bond acceptors (Lipinski definition) is 3. The van der Waals surface area contributed by atoms with Crippen molar-refractivity contribution in [1.82, 2.24) is 15.5 Å². The number of rotatable bonds is 0. The molecule has 0 aromatic heterocycles. The summed E-state index contributed by atoms with van der Waals surface area (Å²) in [7, 11) is 2.09. The van der Waals surface area contributed by atoms with Crippen LogP contribution in [0.3, 0.4) is 0 Å². The van der Waals surface area contributed by atoms with E-state index >= 15 is 0 Å². The Kier molecular flexibility index (Phi) is 10.3. The standard InChI is InChI=1S/C31H44N4O2/c1-24-8-6-15-31(4)16-13-26(3)21-27(31)20-25(2)10-12-30(37)33-18-14-28-22-35(23-34(28)5)19-7-17-32-29(36)11-9-24/h6,8-12,15,20-22,27H,7,13-14,16-19,23H2,1-5H3,(H,32,36)(H,33,37)/p+1. The largest absolute Gasteiger partial charge is 0.352 e.